The topological polar surface area (TPSA) is 61.4 Å². The Balaban J connectivity index is 2.18. The number of carbonyl (C=O) groups excluding carboxylic acids is 1. The molecule has 0 fully saturated rings. The maximum atomic E-state index is 11.2. The van der Waals surface area contributed by atoms with Crippen molar-refractivity contribution in [2.24, 2.45) is 0 Å². The van der Waals surface area contributed by atoms with Crippen LogP contribution in [-0.2, 0) is 11.2 Å². The van der Waals surface area contributed by atoms with Crippen molar-refractivity contribution >= 4 is 11.6 Å². The van der Waals surface area contributed by atoms with E-state index in [0.29, 0.717) is 6.42 Å². The molecule has 2 rings (SSSR count). The minimum absolute atomic E-state index is 0.00288. The molecule has 1 aliphatic heterocycles. The van der Waals surface area contributed by atoms with Crippen molar-refractivity contribution in [3.05, 3.63) is 29.3 Å². The molecule has 0 radical (unpaired) electrons. The van der Waals surface area contributed by atoms with Crippen molar-refractivity contribution in [1.29, 1.82) is 0 Å². The highest BCUT2D eigenvalue weighted by molar-refractivity contribution is 5.99. The Morgan fingerprint density at radius 2 is 2.29 bits per heavy atom. The molecule has 1 heterocycles. The van der Waals surface area contributed by atoms with E-state index in [0.717, 1.165) is 23.4 Å². The molecule has 92 valence electrons. The third-order valence-electron chi connectivity index (χ3n) is 3.10. The lowest BCUT2D eigenvalue weighted by Crippen LogP contribution is -2.31. The molecule has 0 bridgehead atoms. The summed E-state index contributed by atoms with van der Waals surface area (Å²) in [6, 6.07) is 5.63. The molecule has 0 spiro atoms. The van der Waals surface area contributed by atoms with Gasteiger partial charge >= 0.3 is 0 Å². The predicted molar refractivity (Wildman–Crippen MR) is 66.9 cm³/mol. The normalized spacial score (nSPS) is 17.5. The SMILES string of the molecule is CCNC(C)C(O)c1ccc2c(c1)CC(=O)N2. The van der Waals surface area contributed by atoms with Gasteiger partial charge in [-0.15, -0.1) is 0 Å². The molecule has 3 N–H and O–H groups in total. The van der Waals surface area contributed by atoms with Gasteiger partial charge in [0, 0.05) is 11.7 Å². The van der Waals surface area contributed by atoms with Crippen LogP contribution in [0.3, 0.4) is 0 Å². The van der Waals surface area contributed by atoms with E-state index in [1.165, 1.54) is 0 Å². The van der Waals surface area contributed by atoms with Gasteiger partial charge in [0.15, 0.2) is 0 Å². The minimum Gasteiger partial charge on any atom is -0.387 e. The number of likely N-dealkylation sites (N-methyl/N-ethyl adjacent to an activating group) is 1. The first-order valence-corrected chi connectivity index (χ1v) is 5.96. The van der Waals surface area contributed by atoms with Crippen LogP contribution >= 0.6 is 0 Å². The van der Waals surface area contributed by atoms with E-state index in [9.17, 15) is 9.90 Å². The van der Waals surface area contributed by atoms with Crippen LogP contribution in [-0.4, -0.2) is 23.6 Å². The molecule has 4 nitrogen and oxygen atoms in total. The molecule has 1 amide bonds. The number of rotatable bonds is 4. The van der Waals surface area contributed by atoms with Crippen molar-refractivity contribution in [2.45, 2.75) is 32.4 Å². The summed E-state index contributed by atoms with van der Waals surface area (Å²) in [5, 5.41) is 16.1. The van der Waals surface area contributed by atoms with Gasteiger partial charge in [-0.25, -0.2) is 0 Å². The fourth-order valence-corrected chi connectivity index (χ4v) is 2.16. The van der Waals surface area contributed by atoms with Crippen molar-refractivity contribution in [1.82, 2.24) is 5.32 Å². The zero-order chi connectivity index (χ0) is 12.4. The van der Waals surface area contributed by atoms with E-state index >= 15 is 0 Å². The van der Waals surface area contributed by atoms with Gasteiger partial charge in [0.1, 0.15) is 0 Å². The first kappa shape index (κ1) is 12.1. The maximum absolute atomic E-state index is 11.2. The summed E-state index contributed by atoms with van der Waals surface area (Å²) in [7, 11) is 0. The van der Waals surface area contributed by atoms with Crippen LogP contribution in [0.1, 0.15) is 31.1 Å². The summed E-state index contributed by atoms with van der Waals surface area (Å²) in [5.41, 5.74) is 2.69. The van der Waals surface area contributed by atoms with Crippen LogP contribution < -0.4 is 10.6 Å². The lowest BCUT2D eigenvalue weighted by molar-refractivity contribution is -0.115. The van der Waals surface area contributed by atoms with Gasteiger partial charge < -0.3 is 15.7 Å². The lowest BCUT2D eigenvalue weighted by Gasteiger charge is -2.20. The predicted octanol–water partition coefficient (Wildman–Crippen LogP) is 1.21. The van der Waals surface area contributed by atoms with Crippen LogP contribution in [0.2, 0.25) is 0 Å². The standard InChI is InChI=1S/C13H18N2O2/c1-3-14-8(2)13(17)9-4-5-11-10(6-9)7-12(16)15-11/h4-6,8,13-14,17H,3,7H2,1-2H3,(H,15,16). The fourth-order valence-electron chi connectivity index (χ4n) is 2.16. The monoisotopic (exact) mass is 234 g/mol. The van der Waals surface area contributed by atoms with Gasteiger partial charge in [0.05, 0.1) is 12.5 Å². The van der Waals surface area contributed by atoms with Crippen molar-refractivity contribution in [3.63, 3.8) is 0 Å². The number of fused-ring (bicyclic) bond motifs is 1. The second kappa shape index (κ2) is 4.85. The van der Waals surface area contributed by atoms with Crippen LogP contribution in [0.4, 0.5) is 5.69 Å². The molecular formula is C13H18N2O2. The molecule has 1 aliphatic rings. The molecule has 2 atom stereocenters. The number of nitrogens with one attached hydrogen (secondary N) is 2. The largest absolute Gasteiger partial charge is 0.387 e. The van der Waals surface area contributed by atoms with Crippen molar-refractivity contribution in [3.8, 4) is 0 Å². The highest BCUT2D eigenvalue weighted by Crippen LogP contribution is 2.27. The number of aliphatic hydroxyl groups is 1. The van der Waals surface area contributed by atoms with Crippen LogP contribution in [0.5, 0.6) is 0 Å². The Morgan fingerprint density at radius 3 is 3.00 bits per heavy atom. The van der Waals surface area contributed by atoms with E-state index in [1.807, 2.05) is 32.0 Å². The van der Waals surface area contributed by atoms with Gasteiger partial charge in [-0.2, -0.15) is 0 Å². The smallest absolute Gasteiger partial charge is 0.228 e. The fraction of sp³-hybridized carbons (Fsp3) is 0.462. The molecule has 0 aliphatic carbocycles. The first-order valence-electron chi connectivity index (χ1n) is 5.96. The lowest BCUT2D eigenvalue weighted by atomic mass is 10.00. The maximum Gasteiger partial charge on any atom is 0.228 e. The highest BCUT2D eigenvalue weighted by atomic mass is 16.3. The van der Waals surface area contributed by atoms with Gasteiger partial charge in [-0.3, -0.25) is 4.79 Å². The van der Waals surface area contributed by atoms with Gasteiger partial charge in [-0.05, 0) is 30.7 Å². The Kier molecular flexibility index (Phi) is 3.45. The number of benzene rings is 1. The molecule has 1 aromatic carbocycles. The van der Waals surface area contributed by atoms with E-state index in [1.54, 1.807) is 0 Å². The summed E-state index contributed by atoms with van der Waals surface area (Å²) in [6.07, 6.45) is -0.137. The summed E-state index contributed by atoms with van der Waals surface area (Å²) in [5.74, 6) is 0.0198. The quantitative estimate of drug-likeness (QED) is 0.734. The van der Waals surface area contributed by atoms with E-state index in [-0.39, 0.29) is 11.9 Å². The van der Waals surface area contributed by atoms with Crippen LogP contribution in [0, 0.1) is 0 Å². The Labute approximate surface area is 101 Å². The minimum atomic E-state index is -0.545. The average Bonchev–Trinajstić information content (AvgIpc) is 2.67. The third-order valence-corrected chi connectivity index (χ3v) is 3.10. The number of amides is 1. The summed E-state index contributed by atoms with van der Waals surface area (Å²) >= 11 is 0. The summed E-state index contributed by atoms with van der Waals surface area (Å²) < 4.78 is 0. The van der Waals surface area contributed by atoms with Gasteiger partial charge in [0.25, 0.3) is 0 Å². The molecular weight excluding hydrogens is 216 g/mol. The number of hydrogen-bond acceptors (Lipinski definition) is 3. The number of hydrogen-bond donors (Lipinski definition) is 3. The number of anilines is 1. The number of carbonyl (C=O) groups is 1. The van der Waals surface area contributed by atoms with Gasteiger partial charge in [0.2, 0.25) is 5.91 Å². The molecule has 4 heteroatoms. The van der Waals surface area contributed by atoms with Crippen molar-refractivity contribution in [2.75, 3.05) is 11.9 Å². The molecule has 2 unspecified atom stereocenters. The van der Waals surface area contributed by atoms with E-state index in [2.05, 4.69) is 10.6 Å². The summed E-state index contributed by atoms with van der Waals surface area (Å²) in [4.78, 5) is 11.2. The second-order valence-electron chi connectivity index (χ2n) is 4.43. The first-order chi connectivity index (χ1) is 8.11. The summed E-state index contributed by atoms with van der Waals surface area (Å²) in [6.45, 7) is 4.78. The van der Waals surface area contributed by atoms with E-state index in [4.69, 9.17) is 0 Å². The average molecular weight is 234 g/mol. The second-order valence-corrected chi connectivity index (χ2v) is 4.43. The highest BCUT2D eigenvalue weighted by Gasteiger charge is 2.21. The molecule has 0 saturated carbocycles. The van der Waals surface area contributed by atoms with Gasteiger partial charge in [-0.1, -0.05) is 19.1 Å². The molecule has 1 aromatic rings. The Morgan fingerprint density at radius 1 is 1.53 bits per heavy atom. The molecule has 0 aromatic heterocycles. The number of aliphatic hydroxyl groups excluding tert-OH is 1. The van der Waals surface area contributed by atoms with E-state index < -0.39 is 6.10 Å². The molecule has 0 saturated heterocycles. The zero-order valence-electron chi connectivity index (χ0n) is 10.2. The third kappa shape index (κ3) is 2.48. The Hall–Kier alpha value is -1.39. The van der Waals surface area contributed by atoms with Crippen molar-refractivity contribution < 1.29 is 9.90 Å². The van der Waals surface area contributed by atoms with Crippen LogP contribution in [0.25, 0.3) is 0 Å². The Bertz CT molecular complexity index is 431. The van der Waals surface area contributed by atoms with Crippen LogP contribution in [0.15, 0.2) is 18.2 Å². The zero-order valence-corrected chi connectivity index (χ0v) is 10.2. The molecule has 17 heavy (non-hydrogen) atoms.